The Kier molecular flexibility index (Phi) is 2.89. The highest BCUT2D eigenvalue weighted by atomic mass is 15.2. The third kappa shape index (κ3) is 2.23. The number of hydrogen-bond acceptors (Lipinski definition) is 2. The second kappa shape index (κ2) is 3.97. The highest BCUT2D eigenvalue weighted by Gasteiger charge is 2.31. The molecule has 1 saturated heterocycles. The van der Waals surface area contributed by atoms with Crippen LogP contribution >= 0.6 is 0 Å². The quantitative estimate of drug-likeness (QED) is 0.692. The fourth-order valence-electron chi connectivity index (χ4n) is 2.41. The van der Waals surface area contributed by atoms with E-state index in [4.69, 9.17) is 0 Å². The third-order valence-corrected chi connectivity index (χ3v) is 3.53. The molecule has 0 radical (unpaired) electrons. The van der Waals surface area contributed by atoms with Gasteiger partial charge >= 0.3 is 0 Å². The smallest absolute Gasteiger partial charge is 0.0348 e. The number of nitrogens with one attached hydrogen (secondary N) is 1. The maximum absolute atomic E-state index is 3.36. The molecular formula is C11H22N2. The van der Waals surface area contributed by atoms with E-state index in [0.29, 0.717) is 0 Å². The van der Waals surface area contributed by atoms with Gasteiger partial charge in [-0.25, -0.2) is 0 Å². The Labute approximate surface area is 81.7 Å². The van der Waals surface area contributed by atoms with Crippen LogP contribution in [0.15, 0.2) is 0 Å². The van der Waals surface area contributed by atoms with Crippen LogP contribution in [-0.2, 0) is 0 Å². The lowest BCUT2D eigenvalue weighted by Crippen LogP contribution is -2.59. The SMILES string of the molecule is CCN(C(C)CC1CC1)C1CNC1. The van der Waals surface area contributed by atoms with Crippen molar-refractivity contribution in [2.45, 2.75) is 45.2 Å². The summed E-state index contributed by atoms with van der Waals surface area (Å²) >= 11 is 0. The summed E-state index contributed by atoms with van der Waals surface area (Å²) in [5.41, 5.74) is 0. The van der Waals surface area contributed by atoms with E-state index in [2.05, 4.69) is 24.1 Å². The lowest BCUT2D eigenvalue weighted by Gasteiger charge is -2.41. The molecular weight excluding hydrogens is 160 g/mol. The van der Waals surface area contributed by atoms with E-state index >= 15 is 0 Å². The molecule has 1 heterocycles. The Morgan fingerprint density at radius 3 is 2.46 bits per heavy atom. The summed E-state index contributed by atoms with van der Waals surface area (Å²) in [7, 11) is 0. The molecule has 0 spiro atoms. The molecule has 2 heteroatoms. The zero-order valence-electron chi connectivity index (χ0n) is 8.92. The minimum absolute atomic E-state index is 0.810. The molecule has 2 aliphatic rings. The van der Waals surface area contributed by atoms with E-state index < -0.39 is 0 Å². The van der Waals surface area contributed by atoms with Gasteiger partial charge in [0.05, 0.1) is 0 Å². The second-order valence-electron chi connectivity index (χ2n) is 4.67. The van der Waals surface area contributed by atoms with Crippen molar-refractivity contribution < 1.29 is 0 Å². The fourth-order valence-corrected chi connectivity index (χ4v) is 2.41. The van der Waals surface area contributed by atoms with Gasteiger partial charge < -0.3 is 5.32 Å². The fraction of sp³-hybridized carbons (Fsp3) is 1.00. The average Bonchev–Trinajstić information content (AvgIpc) is 2.79. The summed E-state index contributed by atoms with van der Waals surface area (Å²) in [5, 5.41) is 3.36. The van der Waals surface area contributed by atoms with Crippen LogP contribution in [0.3, 0.4) is 0 Å². The van der Waals surface area contributed by atoms with Crippen LogP contribution in [0.1, 0.15) is 33.1 Å². The molecule has 0 aromatic rings. The molecule has 0 bridgehead atoms. The van der Waals surface area contributed by atoms with Crippen LogP contribution < -0.4 is 5.32 Å². The highest BCUT2D eigenvalue weighted by Crippen LogP contribution is 2.34. The number of hydrogen-bond donors (Lipinski definition) is 1. The molecule has 1 saturated carbocycles. The molecule has 1 aliphatic carbocycles. The van der Waals surface area contributed by atoms with Crippen LogP contribution in [0.4, 0.5) is 0 Å². The van der Waals surface area contributed by atoms with Crippen LogP contribution in [0.5, 0.6) is 0 Å². The number of nitrogens with zero attached hydrogens (tertiary/aromatic N) is 1. The molecule has 13 heavy (non-hydrogen) atoms. The molecule has 2 nitrogen and oxygen atoms in total. The van der Waals surface area contributed by atoms with Crippen molar-refractivity contribution in [2.75, 3.05) is 19.6 Å². The Balaban J connectivity index is 1.78. The minimum atomic E-state index is 0.810. The van der Waals surface area contributed by atoms with Crippen molar-refractivity contribution in [3.63, 3.8) is 0 Å². The molecule has 2 fully saturated rings. The van der Waals surface area contributed by atoms with Crippen LogP contribution in [0.25, 0.3) is 0 Å². The number of rotatable bonds is 5. The Hall–Kier alpha value is -0.0800. The van der Waals surface area contributed by atoms with E-state index in [0.717, 1.165) is 18.0 Å². The van der Waals surface area contributed by atoms with E-state index in [-0.39, 0.29) is 0 Å². The van der Waals surface area contributed by atoms with Crippen molar-refractivity contribution in [3.05, 3.63) is 0 Å². The van der Waals surface area contributed by atoms with Gasteiger partial charge in [-0.1, -0.05) is 19.8 Å². The van der Waals surface area contributed by atoms with E-state index in [1.165, 1.54) is 38.9 Å². The predicted octanol–water partition coefficient (Wildman–Crippen LogP) is 1.47. The standard InChI is InChI=1S/C11H22N2/c1-3-13(11-7-12-8-11)9(2)6-10-4-5-10/h9-12H,3-8H2,1-2H3. The van der Waals surface area contributed by atoms with Gasteiger partial charge in [0, 0.05) is 25.2 Å². The Morgan fingerprint density at radius 2 is 2.08 bits per heavy atom. The summed E-state index contributed by atoms with van der Waals surface area (Å²) in [6.45, 7) is 8.34. The molecule has 2 rings (SSSR count). The normalized spacial score (nSPS) is 26.1. The lowest BCUT2D eigenvalue weighted by atomic mass is 10.0. The molecule has 0 aromatic heterocycles. The van der Waals surface area contributed by atoms with Crippen molar-refractivity contribution in [2.24, 2.45) is 5.92 Å². The first-order valence-corrected chi connectivity index (χ1v) is 5.77. The zero-order valence-corrected chi connectivity index (χ0v) is 8.92. The summed E-state index contributed by atoms with van der Waals surface area (Å²) in [6.07, 6.45) is 4.42. The van der Waals surface area contributed by atoms with Gasteiger partial charge in [0.25, 0.3) is 0 Å². The summed E-state index contributed by atoms with van der Waals surface area (Å²) in [4.78, 5) is 2.68. The topological polar surface area (TPSA) is 15.3 Å². The summed E-state index contributed by atoms with van der Waals surface area (Å²) < 4.78 is 0. The van der Waals surface area contributed by atoms with E-state index in [1.54, 1.807) is 0 Å². The maximum Gasteiger partial charge on any atom is 0.0348 e. The molecule has 76 valence electrons. The number of likely N-dealkylation sites (N-methyl/N-ethyl adjacent to an activating group) is 1. The van der Waals surface area contributed by atoms with Crippen molar-refractivity contribution in [1.29, 1.82) is 0 Å². The maximum atomic E-state index is 3.36. The average molecular weight is 182 g/mol. The van der Waals surface area contributed by atoms with Gasteiger partial charge in [0.2, 0.25) is 0 Å². The Bertz CT molecular complexity index is 161. The largest absolute Gasteiger partial charge is 0.314 e. The van der Waals surface area contributed by atoms with Crippen molar-refractivity contribution >= 4 is 0 Å². The van der Waals surface area contributed by atoms with Crippen LogP contribution in [0.2, 0.25) is 0 Å². The van der Waals surface area contributed by atoms with Gasteiger partial charge in [-0.05, 0) is 25.8 Å². The van der Waals surface area contributed by atoms with Gasteiger partial charge in [-0.3, -0.25) is 4.90 Å². The molecule has 1 N–H and O–H groups in total. The first-order chi connectivity index (χ1) is 6.31. The third-order valence-electron chi connectivity index (χ3n) is 3.53. The lowest BCUT2D eigenvalue weighted by molar-refractivity contribution is 0.102. The van der Waals surface area contributed by atoms with E-state index in [1.807, 2.05) is 0 Å². The van der Waals surface area contributed by atoms with Gasteiger partial charge in [-0.2, -0.15) is 0 Å². The van der Waals surface area contributed by atoms with Crippen LogP contribution in [0, 0.1) is 5.92 Å². The van der Waals surface area contributed by atoms with Gasteiger partial charge in [-0.15, -0.1) is 0 Å². The summed E-state index contributed by atoms with van der Waals surface area (Å²) in [5.74, 6) is 1.07. The molecule has 0 aromatic carbocycles. The van der Waals surface area contributed by atoms with Crippen molar-refractivity contribution in [3.8, 4) is 0 Å². The first kappa shape index (κ1) is 9.47. The predicted molar refractivity (Wildman–Crippen MR) is 55.8 cm³/mol. The first-order valence-electron chi connectivity index (χ1n) is 5.77. The van der Waals surface area contributed by atoms with Gasteiger partial charge in [0.1, 0.15) is 0 Å². The van der Waals surface area contributed by atoms with Crippen molar-refractivity contribution in [1.82, 2.24) is 10.2 Å². The van der Waals surface area contributed by atoms with Gasteiger partial charge in [0.15, 0.2) is 0 Å². The highest BCUT2D eigenvalue weighted by molar-refractivity contribution is 4.88. The summed E-state index contributed by atoms with van der Waals surface area (Å²) in [6, 6.07) is 1.64. The molecule has 1 atom stereocenters. The minimum Gasteiger partial charge on any atom is -0.314 e. The molecule has 1 unspecified atom stereocenters. The molecule has 0 amide bonds. The van der Waals surface area contributed by atoms with E-state index in [9.17, 15) is 0 Å². The monoisotopic (exact) mass is 182 g/mol. The zero-order chi connectivity index (χ0) is 9.26. The van der Waals surface area contributed by atoms with Crippen LogP contribution in [-0.4, -0.2) is 36.6 Å². The Morgan fingerprint density at radius 1 is 1.38 bits per heavy atom. The second-order valence-corrected chi connectivity index (χ2v) is 4.67. The molecule has 1 aliphatic heterocycles.